The summed E-state index contributed by atoms with van der Waals surface area (Å²) in [6, 6.07) is 16.9. The van der Waals surface area contributed by atoms with Crippen LogP contribution in [-0.4, -0.2) is 48.8 Å². The van der Waals surface area contributed by atoms with Gasteiger partial charge in [0.1, 0.15) is 0 Å². The number of hydrogen-bond acceptors (Lipinski definition) is 3. The largest absolute Gasteiger partial charge is 0.302 e. The summed E-state index contributed by atoms with van der Waals surface area (Å²) in [4.78, 5) is 6.63. The molecule has 3 aliphatic heterocycles. The summed E-state index contributed by atoms with van der Waals surface area (Å²) in [7, 11) is 0. The quantitative estimate of drug-likeness (QED) is 0.439. The summed E-state index contributed by atoms with van der Waals surface area (Å²) in [5.41, 5.74) is 5.69. The Hall–Kier alpha value is -1.73. The van der Waals surface area contributed by atoms with E-state index in [9.17, 15) is 0 Å². The van der Waals surface area contributed by atoms with Gasteiger partial charge in [-0.25, -0.2) is 0 Å². The molecule has 0 radical (unpaired) electrons. The maximum absolute atomic E-state index is 3.49. The molecule has 3 aliphatic rings. The number of hydrogen-bond donors (Lipinski definition) is 0. The van der Waals surface area contributed by atoms with Gasteiger partial charge in [0.2, 0.25) is 0 Å². The van der Waals surface area contributed by atoms with Crippen molar-refractivity contribution in [3.8, 4) is 11.8 Å². The van der Waals surface area contributed by atoms with Crippen molar-refractivity contribution in [1.82, 2.24) is 9.80 Å². The fourth-order valence-electron chi connectivity index (χ4n) is 5.67. The third-order valence-electron chi connectivity index (χ3n) is 7.35. The number of rotatable bonds is 4. The van der Waals surface area contributed by atoms with Crippen molar-refractivity contribution in [3.05, 3.63) is 64.7 Å². The van der Waals surface area contributed by atoms with Gasteiger partial charge in [0.15, 0.2) is 0 Å². The molecule has 0 aliphatic carbocycles. The van der Waals surface area contributed by atoms with E-state index in [4.69, 9.17) is 0 Å². The minimum atomic E-state index is 0.454. The molecule has 0 bridgehead atoms. The van der Waals surface area contributed by atoms with Gasteiger partial charge in [-0.1, -0.05) is 36.5 Å². The van der Waals surface area contributed by atoms with Crippen LogP contribution in [0.3, 0.4) is 0 Å². The van der Waals surface area contributed by atoms with E-state index >= 15 is 0 Å². The lowest BCUT2D eigenvalue weighted by Gasteiger charge is -2.37. The number of piperidine rings is 1. The van der Waals surface area contributed by atoms with Crippen LogP contribution in [0.15, 0.2) is 47.4 Å². The van der Waals surface area contributed by atoms with Crippen molar-refractivity contribution < 1.29 is 0 Å². The maximum atomic E-state index is 3.49. The molecule has 0 saturated carbocycles. The Morgan fingerprint density at radius 2 is 1.77 bits per heavy atom. The third kappa shape index (κ3) is 4.72. The molecule has 3 heteroatoms. The second kappa shape index (κ2) is 9.82. The highest BCUT2D eigenvalue weighted by atomic mass is 32.2. The lowest BCUT2D eigenvalue weighted by atomic mass is 9.81. The summed E-state index contributed by atoms with van der Waals surface area (Å²) in [5, 5.41) is 0. The minimum absolute atomic E-state index is 0.454. The maximum Gasteiger partial charge on any atom is 0.0351 e. The van der Waals surface area contributed by atoms with Crippen molar-refractivity contribution >= 4 is 11.8 Å². The van der Waals surface area contributed by atoms with E-state index < -0.39 is 0 Å². The monoisotopic (exact) mass is 430 g/mol. The van der Waals surface area contributed by atoms with Crippen molar-refractivity contribution in [1.29, 1.82) is 0 Å². The van der Waals surface area contributed by atoms with Crippen LogP contribution in [0.4, 0.5) is 0 Å². The van der Waals surface area contributed by atoms with E-state index in [-0.39, 0.29) is 0 Å². The summed E-state index contributed by atoms with van der Waals surface area (Å²) in [6.07, 6.45) is 9.86. The summed E-state index contributed by atoms with van der Waals surface area (Å²) >= 11 is 1.82. The first-order chi connectivity index (χ1) is 15.3. The van der Waals surface area contributed by atoms with Crippen LogP contribution >= 0.6 is 11.8 Å². The van der Waals surface area contributed by atoms with Crippen LogP contribution in [0, 0.1) is 11.8 Å². The zero-order valence-corrected chi connectivity index (χ0v) is 19.6. The van der Waals surface area contributed by atoms with Gasteiger partial charge in [-0.05, 0) is 92.5 Å². The molecule has 162 valence electrons. The molecular weight excluding hydrogens is 396 g/mol. The molecule has 0 spiro atoms. The van der Waals surface area contributed by atoms with E-state index in [1.165, 1.54) is 73.3 Å². The molecule has 2 aromatic carbocycles. The van der Waals surface area contributed by atoms with Crippen molar-refractivity contribution in [2.75, 3.05) is 39.0 Å². The van der Waals surface area contributed by atoms with Crippen LogP contribution in [0.1, 0.15) is 72.7 Å². The first kappa shape index (κ1) is 21.1. The molecular formula is C28H34N2S. The smallest absolute Gasteiger partial charge is 0.0351 e. The van der Waals surface area contributed by atoms with Gasteiger partial charge in [-0.3, -0.25) is 4.90 Å². The van der Waals surface area contributed by atoms with Gasteiger partial charge in [0.05, 0.1) is 0 Å². The molecule has 0 amide bonds. The Morgan fingerprint density at radius 1 is 0.935 bits per heavy atom. The van der Waals surface area contributed by atoms with Gasteiger partial charge in [-0.2, -0.15) is 0 Å². The normalized spacial score (nSPS) is 23.6. The van der Waals surface area contributed by atoms with Gasteiger partial charge >= 0.3 is 0 Å². The lowest BCUT2D eigenvalue weighted by molar-refractivity contribution is 0.230. The van der Waals surface area contributed by atoms with Crippen LogP contribution < -0.4 is 0 Å². The highest BCUT2D eigenvalue weighted by Crippen LogP contribution is 2.44. The van der Waals surface area contributed by atoms with Gasteiger partial charge < -0.3 is 4.90 Å². The van der Waals surface area contributed by atoms with Crippen LogP contribution in [-0.2, 0) is 0 Å². The number of likely N-dealkylation sites (tertiary alicyclic amines) is 1. The molecule has 2 saturated heterocycles. The number of thioether (sulfide) groups is 1. The first-order valence-electron chi connectivity index (χ1n) is 12.0. The van der Waals surface area contributed by atoms with Crippen LogP contribution in [0.25, 0.3) is 0 Å². The fraction of sp³-hybridized carbons (Fsp3) is 0.500. The molecule has 0 aromatic heterocycles. The molecule has 3 heterocycles. The Labute approximate surface area is 192 Å². The Kier molecular flexibility index (Phi) is 6.69. The van der Waals surface area contributed by atoms with Gasteiger partial charge in [-0.15, -0.1) is 11.8 Å². The van der Waals surface area contributed by atoms with Crippen molar-refractivity contribution in [3.63, 3.8) is 0 Å². The van der Waals surface area contributed by atoms with E-state index in [1.54, 1.807) is 5.56 Å². The predicted octanol–water partition coefficient (Wildman–Crippen LogP) is 5.92. The average Bonchev–Trinajstić information content (AvgIpc) is 3.31. The van der Waals surface area contributed by atoms with E-state index in [0.29, 0.717) is 12.0 Å². The lowest BCUT2D eigenvalue weighted by Crippen LogP contribution is -2.34. The second-order valence-corrected chi connectivity index (χ2v) is 10.2. The molecule has 2 atom stereocenters. The summed E-state index contributed by atoms with van der Waals surface area (Å²) in [5.74, 6) is 7.41. The second-order valence-electron chi connectivity index (χ2n) is 9.28. The van der Waals surface area contributed by atoms with Crippen molar-refractivity contribution in [2.45, 2.75) is 55.4 Å². The van der Waals surface area contributed by atoms with Gasteiger partial charge in [0.25, 0.3) is 0 Å². The number of fused-ring (bicyclic) bond motifs is 3. The molecule has 31 heavy (non-hydrogen) atoms. The molecule has 0 unspecified atom stereocenters. The Morgan fingerprint density at radius 3 is 2.58 bits per heavy atom. The Bertz CT molecular complexity index is 949. The number of nitrogens with zero attached hydrogens (tertiary/aromatic N) is 2. The highest BCUT2D eigenvalue weighted by molar-refractivity contribution is 7.98. The minimum Gasteiger partial charge on any atom is -0.302 e. The Balaban J connectivity index is 1.38. The standard InChI is InChI=1S/C28H34N2S/c1-31-24-13-11-23(12-14-24)27-21-30-19-7-9-28(30)25-15-10-22(20-26(25)27)8-3-6-18-29-16-4-2-5-17-29/h10-15,20,27-28H,2,4-7,9,16-19,21H2,1H3/t27-,28-/m1/s1. The highest BCUT2D eigenvalue weighted by Gasteiger charge is 2.36. The van der Waals surface area contributed by atoms with E-state index in [0.717, 1.165) is 19.5 Å². The number of benzene rings is 2. The molecule has 2 nitrogen and oxygen atoms in total. The SMILES string of the molecule is CSc1ccc([C@H]2CN3CCC[C@@H]3c3ccc(C#CCCN4CCCCC4)cc32)cc1. The average molecular weight is 431 g/mol. The van der Waals surface area contributed by atoms with Crippen LogP contribution in [0.5, 0.6) is 0 Å². The first-order valence-corrected chi connectivity index (χ1v) is 13.3. The van der Waals surface area contributed by atoms with Crippen molar-refractivity contribution in [2.24, 2.45) is 0 Å². The van der Waals surface area contributed by atoms with Gasteiger partial charge in [0, 0.05) is 41.9 Å². The fourth-order valence-corrected chi connectivity index (χ4v) is 6.08. The zero-order valence-electron chi connectivity index (χ0n) is 18.8. The molecule has 5 rings (SSSR count). The summed E-state index contributed by atoms with van der Waals surface area (Å²) < 4.78 is 0. The van der Waals surface area contributed by atoms with Crippen LogP contribution in [0.2, 0.25) is 0 Å². The third-order valence-corrected chi connectivity index (χ3v) is 8.10. The topological polar surface area (TPSA) is 6.48 Å². The zero-order chi connectivity index (χ0) is 21.0. The molecule has 2 aromatic rings. The summed E-state index contributed by atoms with van der Waals surface area (Å²) in [6.45, 7) is 6.02. The predicted molar refractivity (Wildman–Crippen MR) is 132 cm³/mol. The van der Waals surface area contributed by atoms with E-state index in [1.807, 2.05) is 11.8 Å². The molecule has 2 fully saturated rings. The molecule has 0 N–H and O–H groups in total. The van der Waals surface area contributed by atoms with E-state index in [2.05, 4.69) is 70.4 Å².